The Labute approximate surface area is 211 Å². The largest absolute Gasteiger partial charge is 0.463 e. The first kappa shape index (κ1) is 32.5. The van der Waals surface area contributed by atoms with E-state index in [9.17, 15) is 19.2 Å². The van der Waals surface area contributed by atoms with Crippen LogP contribution < -0.4 is 21.3 Å². The molecule has 4 amide bonds. The molecule has 10 nitrogen and oxygen atoms in total. The van der Waals surface area contributed by atoms with Crippen molar-refractivity contribution in [3.63, 3.8) is 0 Å². The van der Waals surface area contributed by atoms with Gasteiger partial charge in [-0.25, -0.2) is 9.59 Å². The molecule has 0 radical (unpaired) electrons. The van der Waals surface area contributed by atoms with Gasteiger partial charge in [-0.1, -0.05) is 78.1 Å². The molecule has 0 saturated heterocycles. The lowest BCUT2D eigenvalue weighted by molar-refractivity contribution is -0.154. The molecule has 4 N–H and O–H groups in total. The van der Waals surface area contributed by atoms with E-state index in [0.29, 0.717) is 13.1 Å². The molecule has 0 atom stereocenters. The standard InChI is InChI=1S/C25H48N4O6/c1-3-5-7-9-11-13-15-26-24(32)28-17-19-34-22(30)21-23(31)35-20-18-29-25(33)27-16-14-12-10-8-6-4-2/h3-21H2,1-2H3,(H2,26,28,32)(H2,27,29,33). The Balaban J connectivity index is 3.54. The summed E-state index contributed by atoms with van der Waals surface area (Å²) >= 11 is 0. The third-order valence-electron chi connectivity index (χ3n) is 5.22. The Bertz CT molecular complexity index is 526. The van der Waals surface area contributed by atoms with E-state index in [4.69, 9.17) is 9.47 Å². The molecule has 0 bridgehead atoms. The maximum atomic E-state index is 11.7. The fourth-order valence-electron chi connectivity index (χ4n) is 3.22. The molecule has 0 fully saturated rings. The molecule has 0 spiro atoms. The molecule has 0 aliphatic carbocycles. The van der Waals surface area contributed by atoms with Crippen LogP contribution in [0.25, 0.3) is 0 Å². The maximum Gasteiger partial charge on any atom is 0.317 e. The molecule has 204 valence electrons. The summed E-state index contributed by atoms with van der Waals surface area (Å²) in [6.45, 7) is 5.82. The van der Waals surface area contributed by atoms with Crippen LogP contribution in [0.5, 0.6) is 0 Å². The predicted octanol–water partition coefficient (Wildman–Crippen LogP) is 3.78. The number of esters is 2. The fraction of sp³-hybridized carbons (Fsp3) is 0.840. The van der Waals surface area contributed by atoms with E-state index in [2.05, 4.69) is 35.1 Å². The van der Waals surface area contributed by atoms with Crippen LogP contribution in [-0.2, 0) is 19.1 Å². The summed E-state index contributed by atoms with van der Waals surface area (Å²) in [4.78, 5) is 46.6. The van der Waals surface area contributed by atoms with Gasteiger partial charge < -0.3 is 30.7 Å². The molecule has 10 heteroatoms. The van der Waals surface area contributed by atoms with E-state index in [0.717, 1.165) is 25.7 Å². The average Bonchev–Trinajstić information content (AvgIpc) is 2.83. The number of unbranched alkanes of at least 4 members (excludes halogenated alkanes) is 10. The van der Waals surface area contributed by atoms with Crippen molar-refractivity contribution < 1.29 is 28.7 Å². The van der Waals surface area contributed by atoms with Gasteiger partial charge in [0.25, 0.3) is 0 Å². The summed E-state index contributed by atoms with van der Waals surface area (Å²) < 4.78 is 9.82. The Morgan fingerprint density at radius 2 is 0.829 bits per heavy atom. The minimum Gasteiger partial charge on any atom is -0.463 e. The summed E-state index contributed by atoms with van der Waals surface area (Å²) in [5.41, 5.74) is 0. The summed E-state index contributed by atoms with van der Waals surface area (Å²) in [6, 6.07) is -0.616. The second-order valence-corrected chi connectivity index (χ2v) is 8.52. The van der Waals surface area contributed by atoms with E-state index in [1.165, 1.54) is 51.4 Å². The number of urea groups is 2. The SMILES string of the molecule is CCCCCCCCNC(=O)NCCOC(=O)CC(=O)OCCNC(=O)NCCCCCCCC. The number of hydrogen-bond donors (Lipinski definition) is 4. The smallest absolute Gasteiger partial charge is 0.317 e. The lowest BCUT2D eigenvalue weighted by Gasteiger charge is -2.09. The molecule has 0 aromatic carbocycles. The summed E-state index contributed by atoms with van der Waals surface area (Å²) in [5.74, 6) is -1.46. The van der Waals surface area contributed by atoms with Gasteiger partial charge in [0.2, 0.25) is 0 Å². The second-order valence-electron chi connectivity index (χ2n) is 8.52. The van der Waals surface area contributed by atoms with E-state index in [1.807, 2.05) is 0 Å². The number of amides is 4. The van der Waals surface area contributed by atoms with Crippen molar-refractivity contribution in [2.75, 3.05) is 39.4 Å². The van der Waals surface area contributed by atoms with Gasteiger partial charge >= 0.3 is 24.0 Å². The Hall–Kier alpha value is -2.52. The van der Waals surface area contributed by atoms with Crippen molar-refractivity contribution in [2.45, 2.75) is 97.3 Å². The van der Waals surface area contributed by atoms with Gasteiger partial charge in [-0.3, -0.25) is 9.59 Å². The van der Waals surface area contributed by atoms with E-state index in [1.54, 1.807) is 0 Å². The molecule has 0 unspecified atom stereocenters. The van der Waals surface area contributed by atoms with Crippen molar-refractivity contribution in [1.82, 2.24) is 21.3 Å². The van der Waals surface area contributed by atoms with Gasteiger partial charge in [-0.15, -0.1) is 0 Å². The monoisotopic (exact) mass is 500 g/mol. The van der Waals surface area contributed by atoms with Gasteiger partial charge in [0.1, 0.15) is 19.6 Å². The maximum absolute atomic E-state index is 11.7. The summed E-state index contributed by atoms with van der Waals surface area (Å²) in [6.07, 6.45) is 13.3. The van der Waals surface area contributed by atoms with Crippen LogP contribution in [0.15, 0.2) is 0 Å². The third-order valence-corrected chi connectivity index (χ3v) is 5.22. The van der Waals surface area contributed by atoms with Gasteiger partial charge in [0, 0.05) is 13.1 Å². The quantitative estimate of drug-likeness (QED) is 0.101. The van der Waals surface area contributed by atoms with Crippen LogP contribution in [0.1, 0.15) is 97.3 Å². The first-order valence-electron chi connectivity index (χ1n) is 13.3. The van der Waals surface area contributed by atoms with Crippen LogP contribution in [-0.4, -0.2) is 63.4 Å². The number of ether oxygens (including phenoxy) is 2. The van der Waals surface area contributed by atoms with Crippen molar-refractivity contribution in [3.8, 4) is 0 Å². The zero-order valence-corrected chi connectivity index (χ0v) is 21.9. The number of hydrogen-bond acceptors (Lipinski definition) is 6. The van der Waals surface area contributed by atoms with Crippen LogP contribution in [0.3, 0.4) is 0 Å². The molecule has 0 aliphatic rings. The molecular formula is C25H48N4O6. The first-order chi connectivity index (χ1) is 17.0. The lowest BCUT2D eigenvalue weighted by atomic mass is 10.1. The van der Waals surface area contributed by atoms with Crippen LogP contribution >= 0.6 is 0 Å². The Kier molecular flexibility index (Phi) is 22.8. The predicted molar refractivity (Wildman–Crippen MR) is 136 cm³/mol. The normalized spacial score (nSPS) is 10.3. The van der Waals surface area contributed by atoms with Gasteiger partial charge in [-0.05, 0) is 12.8 Å². The number of nitrogens with one attached hydrogen (secondary N) is 4. The molecule has 35 heavy (non-hydrogen) atoms. The zero-order valence-electron chi connectivity index (χ0n) is 21.9. The molecule has 0 saturated carbocycles. The second kappa shape index (κ2) is 24.6. The zero-order chi connectivity index (χ0) is 26.0. The number of rotatable bonds is 22. The lowest BCUT2D eigenvalue weighted by Crippen LogP contribution is -2.38. The molecule has 0 aliphatic heterocycles. The minimum atomic E-state index is -0.728. The highest BCUT2D eigenvalue weighted by Crippen LogP contribution is 2.04. The minimum absolute atomic E-state index is 0.0309. The van der Waals surface area contributed by atoms with E-state index in [-0.39, 0.29) is 38.4 Å². The first-order valence-corrected chi connectivity index (χ1v) is 13.3. The van der Waals surface area contributed by atoms with Gasteiger partial charge in [0.05, 0.1) is 13.1 Å². The third kappa shape index (κ3) is 24.4. The molecule has 0 heterocycles. The highest BCUT2D eigenvalue weighted by atomic mass is 16.6. The average molecular weight is 501 g/mol. The van der Waals surface area contributed by atoms with Crippen molar-refractivity contribution in [1.29, 1.82) is 0 Å². The van der Waals surface area contributed by atoms with Crippen LogP contribution in [0.4, 0.5) is 9.59 Å². The van der Waals surface area contributed by atoms with Crippen LogP contribution in [0, 0.1) is 0 Å². The van der Waals surface area contributed by atoms with E-state index < -0.39 is 18.4 Å². The molecule has 0 aromatic heterocycles. The fourth-order valence-corrected chi connectivity index (χ4v) is 3.22. The Morgan fingerprint density at radius 1 is 0.486 bits per heavy atom. The molecule has 0 rings (SSSR count). The summed E-state index contributed by atoms with van der Waals surface area (Å²) in [7, 11) is 0. The van der Waals surface area contributed by atoms with Gasteiger partial charge in [0.15, 0.2) is 0 Å². The number of carbonyl (C=O) groups is 4. The summed E-state index contributed by atoms with van der Waals surface area (Å²) in [5, 5.41) is 10.7. The van der Waals surface area contributed by atoms with Crippen molar-refractivity contribution in [2.24, 2.45) is 0 Å². The van der Waals surface area contributed by atoms with Crippen molar-refractivity contribution in [3.05, 3.63) is 0 Å². The molecular weight excluding hydrogens is 452 g/mol. The van der Waals surface area contributed by atoms with E-state index >= 15 is 0 Å². The number of carbonyl (C=O) groups excluding carboxylic acids is 4. The van der Waals surface area contributed by atoms with Gasteiger partial charge in [-0.2, -0.15) is 0 Å². The molecule has 0 aromatic rings. The van der Waals surface area contributed by atoms with Crippen molar-refractivity contribution >= 4 is 24.0 Å². The highest BCUT2D eigenvalue weighted by molar-refractivity contribution is 5.91. The highest BCUT2D eigenvalue weighted by Gasteiger charge is 2.12. The topological polar surface area (TPSA) is 135 Å². The Morgan fingerprint density at radius 3 is 1.23 bits per heavy atom. The van der Waals surface area contributed by atoms with Crippen LogP contribution in [0.2, 0.25) is 0 Å².